The second kappa shape index (κ2) is 6.06. The highest BCUT2D eigenvalue weighted by atomic mass is 16.6. The maximum absolute atomic E-state index is 12.1. The van der Waals surface area contributed by atoms with Crippen LogP contribution in [0.25, 0.3) is 0 Å². The second-order valence-electron chi connectivity index (χ2n) is 7.55. The molecule has 0 radical (unpaired) electrons. The number of ether oxygens (including phenoxy) is 1. The van der Waals surface area contributed by atoms with E-state index >= 15 is 0 Å². The highest BCUT2D eigenvalue weighted by molar-refractivity contribution is 5.94. The van der Waals surface area contributed by atoms with E-state index < -0.39 is 29.1 Å². The number of alkyl carbamates (subject to hydrolysis) is 1. The molecular weight excluding hydrogens is 324 g/mol. The lowest BCUT2D eigenvalue weighted by molar-refractivity contribution is -0.140. The number of carboxylic acid groups (broad SMARTS) is 1. The van der Waals surface area contributed by atoms with Gasteiger partial charge in [0.15, 0.2) is 0 Å². The molecule has 0 bridgehead atoms. The summed E-state index contributed by atoms with van der Waals surface area (Å²) in [7, 11) is 0. The van der Waals surface area contributed by atoms with Crippen LogP contribution in [0.1, 0.15) is 60.2 Å². The molecule has 136 valence electrons. The number of nitrogens with two attached hydrogens (primary N) is 1. The number of aliphatic carboxylic acids is 1. The molecule has 7 nitrogen and oxygen atoms in total. The first-order valence-electron chi connectivity index (χ1n) is 8.03. The standard InChI is InChI=1S/C18H24N2O5/c1-9-6-11(14(19)21)7-10(2)13(9)12-8-18(12,15(22)23)20-16(24)25-17(3,4)5/h6-7,12H,8H2,1-5H3,(H2,19,21)(H,20,24)(H,22,23)/t12-,18?/m1/s1. The Morgan fingerprint density at radius 2 is 1.76 bits per heavy atom. The summed E-state index contributed by atoms with van der Waals surface area (Å²) >= 11 is 0. The van der Waals surface area contributed by atoms with Crippen LogP contribution in [0, 0.1) is 13.8 Å². The van der Waals surface area contributed by atoms with Crippen molar-refractivity contribution in [2.75, 3.05) is 0 Å². The zero-order valence-electron chi connectivity index (χ0n) is 15.1. The first-order valence-corrected chi connectivity index (χ1v) is 8.03. The summed E-state index contributed by atoms with van der Waals surface area (Å²) in [6.45, 7) is 8.73. The maximum atomic E-state index is 12.1. The van der Waals surface area contributed by atoms with E-state index in [1.807, 2.05) is 0 Å². The highest BCUT2D eigenvalue weighted by Gasteiger charge is 2.63. The van der Waals surface area contributed by atoms with Crippen LogP contribution in [-0.2, 0) is 9.53 Å². The van der Waals surface area contributed by atoms with Crippen molar-refractivity contribution in [2.45, 2.75) is 58.1 Å². The molecule has 4 N–H and O–H groups in total. The number of nitrogens with one attached hydrogen (secondary N) is 1. The van der Waals surface area contributed by atoms with Crippen LogP contribution in [0.2, 0.25) is 0 Å². The van der Waals surface area contributed by atoms with E-state index in [0.29, 0.717) is 5.56 Å². The number of aryl methyl sites for hydroxylation is 2. The van der Waals surface area contributed by atoms with Crippen LogP contribution in [0.3, 0.4) is 0 Å². The molecule has 1 aliphatic rings. The molecule has 0 spiro atoms. The van der Waals surface area contributed by atoms with Crippen LogP contribution < -0.4 is 11.1 Å². The number of carbonyl (C=O) groups excluding carboxylic acids is 2. The van der Waals surface area contributed by atoms with Crippen LogP contribution in [0.4, 0.5) is 4.79 Å². The Labute approximate surface area is 146 Å². The Morgan fingerprint density at radius 1 is 1.24 bits per heavy atom. The van der Waals surface area contributed by atoms with Gasteiger partial charge in [-0.05, 0) is 69.9 Å². The minimum atomic E-state index is -1.40. The quantitative estimate of drug-likeness (QED) is 0.771. The van der Waals surface area contributed by atoms with Gasteiger partial charge >= 0.3 is 12.1 Å². The van der Waals surface area contributed by atoms with E-state index in [-0.39, 0.29) is 12.3 Å². The SMILES string of the molecule is Cc1cc(C(N)=O)cc(C)c1[C@H]1CC1(NC(=O)OC(C)(C)C)C(=O)O. The number of hydrogen-bond acceptors (Lipinski definition) is 4. The van der Waals surface area contributed by atoms with Gasteiger partial charge in [0.1, 0.15) is 11.1 Å². The molecule has 0 saturated heterocycles. The number of benzene rings is 1. The van der Waals surface area contributed by atoms with Crippen LogP contribution in [0.5, 0.6) is 0 Å². The summed E-state index contributed by atoms with van der Waals surface area (Å²) in [5, 5.41) is 12.2. The Hall–Kier alpha value is -2.57. The lowest BCUT2D eigenvalue weighted by Crippen LogP contribution is -2.46. The average molecular weight is 348 g/mol. The van der Waals surface area contributed by atoms with Gasteiger partial charge < -0.3 is 20.9 Å². The minimum Gasteiger partial charge on any atom is -0.479 e. The molecule has 2 atom stereocenters. The fourth-order valence-electron chi connectivity index (χ4n) is 3.19. The number of carbonyl (C=O) groups is 3. The summed E-state index contributed by atoms with van der Waals surface area (Å²) in [6, 6.07) is 3.28. The third-order valence-electron chi connectivity index (χ3n) is 4.29. The van der Waals surface area contributed by atoms with Crippen LogP contribution in [-0.4, -0.2) is 34.2 Å². The lowest BCUT2D eigenvalue weighted by Gasteiger charge is -2.23. The molecule has 1 saturated carbocycles. The lowest BCUT2D eigenvalue weighted by atomic mass is 9.93. The molecule has 2 amide bonds. The molecule has 0 aromatic heterocycles. The molecule has 7 heteroatoms. The van der Waals surface area contributed by atoms with Crippen molar-refractivity contribution in [1.29, 1.82) is 0 Å². The van der Waals surface area contributed by atoms with Crippen molar-refractivity contribution in [3.05, 3.63) is 34.4 Å². The predicted octanol–water partition coefficient (Wildman–Crippen LogP) is 2.24. The molecule has 1 aromatic rings. The van der Waals surface area contributed by atoms with Crippen molar-refractivity contribution in [3.63, 3.8) is 0 Å². The first kappa shape index (κ1) is 18.8. The smallest absolute Gasteiger partial charge is 0.408 e. The molecule has 1 aliphatic carbocycles. The van der Waals surface area contributed by atoms with Crippen LogP contribution in [0.15, 0.2) is 12.1 Å². The fraction of sp³-hybridized carbons (Fsp3) is 0.500. The number of rotatable bonds is 4. The van der Waals surface area contributed by atoms with E-state index in [9.17, 15) is 19.5 Å². The number of primary amides is 1. The number of hydrogen-bond donors (Lipinski definition) is 3. The predicted molar refractivity (Wildman–Crippen MR) is 91.5 cm³/mol. The summed E-state index contributed by atoms with van der Waals surface area (Å²) in [6.07, 6.45) is -0.499. The highest BCUT2D eigenvalue weighted by Crippen LogP contribution is 2.53. The van der Waals surface area contributed by atoms with Gasteiger partial charge in [0.05, 0.1) is 0 Å². The molecular formula is C18H24N2O5. The van der Waals surface area contributed by atoms with E-state index in [0.717, 1.165) is 16.7 Å². The van der Waals surface area contributed by atoms with E-state index in [1.54, 1.807) is 46.8 Å². The van der Waals surface area contributed by atoms with Gasteiger partial charge in [-0.1, -0.05) is 0 Å². The van der Waals surface area contributed by atoms with Crippen molar-refractivity contribution >= 4 is 18.0 Å². The molecule has 1 aromatic carbocycles. The maximum Gasteiger partial charge on any atom is 0.408 e. The molecule has 25 heavy (non-hydrogen) atoms. The van der Waals surface area contributed by atoms with E-state index in [1.165, 1.54) is 0 Å². The summed E-state index contributed by atoms with van der Waals surface area (Å²) in [5.41, 5.74) is 5.92. The van der Waals surface area contributed by atoms with Gasteiger partial charge in [-0.2, -0.15) is 0 Å². The van der Waals surface area contributed by atoms with Gasteiger partial charge in [-0.15, -0.1) is 0 Å². The summed E-state index contributed by atoms with van der Waals surface area (Å²) in [5.74, 6) is -2.04. The topological polar surface area (TPSA) is 119 Å². The van der Waals surface area contributed by atoms with Gasteiger partial charge in [0.2, 0.25) is 5.91 Å². The minimum absolute atomic E-state index is 0.263. The Kier molecular flexibility index (Phi) is 4.55. The van der Waals surface area contributed by atoms with Gasteiger partial charge in [-0.25, -0.2) is 9.59 Å². The van der Waals surface area contributed by atoms with Crippen LogP contribution >= 0.6 is 0 Å². The zero-order valence-corrected chi connectivity index (χ0v) is 15.1. The first-order chi connectivity index (χ1) is 11.4. The van der Waals surface area contributed by atoms with Gasteiger partial charge in [-0.3, -0.25) is 4.79 Å². The monoisotopic (exact) mass is 348 g/mol. The van der Waals surface area contributed by atoms with Crippen molar-refractivity contribution in [1.82, 2.24) is 5.32 Å². The summed E-state index contributed by atoms with van der Waals surface area (Å²) in [4.78, 5) is 35.2. The Morgan fingerprint density at radius 3 is 2.16 bits per heavy atom. The van der Waals surface area contributed by atoms with E-state index in [4.69, 9.17) is 10.5 Å². The van der Waals surface area contributed by atoms with E-state index in [2.05, 4.69) is 5.32 Å². The zero-order chi connectivity index (χ0) is 19.2. The van der Waals surface area contributed by atoms with Gasteiger partial charge in [0.25, 0.3) is 0 Å². The Balaban J connectivity index is 2.31. The molecule has 1 fully saturated rings. The Bertz CT molecular complexity index is 727. The van der Waals surface area contributed by atoms with Crippen molar-refractivity contribution in [2.24, 2.45) is 5.73 Å². The third kappa shape index (κ3) is 3.75. The largest absolute Gasteiger partial charge is 0.479 e. The third-order valence-corrected chi connectivity index (χ3v) is 4.29. The normalized spacial score (nSPS) is 22.2. The van der Waals surface area contributed by atoms with Gasteiger partial charge in [0, 0.05) is 11.5 Å². The fourth-order valence-corrected chi connectivity index (χ4v) is 3.19. The number of carboxylic acids is 1. The molecule has 0 aliphatic heterocycles. The molecule has 0 heterocycles. The van der Waals surface area contributed by atoms with Crippen molar-refractivity contribution in [3.8, 4) is 0 Å². The second-order valence-corrected chi connectivity index (χ2v) is 7.55. The average Bonchev–Trinajstić information content (AvgIpc) is 3.10. The van der Waals surface area contributed by atoms with Crippen molar-refractivity contribution < 1.29 is 24.2 Å². The molecule has 2 rings (SSSR count). The summed E-state index contributed by atoms with van der Waals surface area (Å²) < 4.78 is 5.18. The molecule has 1 unspecified atom stereocenters. The number of amides is 2.